The van der Waals surface area contributed by atoms with Crippen molar-refractivity contribution in [2.45, 2.75) is 58.7 Å². The van der Waals surface area contributed by atoms with E-state index in [2.05, 4.69) is 66.9 Å². The van der Waals surface area contributed by atoms with Gasteiger partial charge in [-0.2, -0.15) is 4.98 Å². The van der Waals surface area contributed by atoms with Crippen LogP contribution >= 0.6 is 0 Å². The van der Waals surface area contributed by atoms with Gasteiger partial charge in [0.05, 0.1) is 0 Å². The van der Waals surface area contributed by atoms with Crippen LogP contribution in [0.2, 0.25) is 0 Å². The third kappa shape index (κ3) is 3.98. The summed E-state index contributed by atoms with van der Waals surface area (Å²) in [5, 5.41) is 26.6. The molecule has 7 nitrogen and oxygen atoms in total. The van der Waals surface area contributed by atoms with Gasteiger partial charge in [0, 0.05) is 42.0 Å². The minimum atomic E-state index is -1.26. The second kappa shape index (κ2) is 8.01. The molecule has 3 aromatic rings. The Morgan fingerprint density at radius 3 is 2.33 bits per heavy atom. The van der Waals surface area contributed by atoms with Crippen molar-refractivity contribution in [3.63, 3.8) is 0 Å². The zero-order valence-corrected chi connectivity index (χ0v) is 20.5. The van der Waals surface area contributed by atoms with Crippen LogP contribution in [0.25, 0.3) is 11.4 Å². The Hall–Kier alpha value is -2.61. The third-order valence-corrected chi connectivity index (χ3v) is 6.78. The molecule has 0 aliphatic carbocycles. The van der Waals surface area contributed by atoms with Crippen LogP contribution in [0.4, 0.5) is 0 Å². The summed E-state index contributed by atoms with van der Waals surface area (Å²) < 4.78 is 5.25. The molecule has 1 unspecified atom stereocenters. The highest BCUT2D eigenvalue weighted by Gasteiger charge is 2.55. The lowest BCUT2D eigenvalue weighted by atomic mass is 9.62. The molecule has 1 aliphatic rings. The molecule has 0 amide bonds. The topological polar surface area (TPSA) is 95.5 Å². The van der Waals surface area contributed by atoms with Crippen molar-refractivity contribution in [1.29, 1.82) is 0 Å². The molecule has 0 spiro atoms. The molecule has 33 heavy (non-hydrogen) atoms. The lowest BCUT2D eigenvalue weighted by molar-refractivity contribution is -0.127. The fraction of sp³-hybridized carbons (Fsp3) is 0.500. The first-order valence-electron chi connectivity index (χ1n) is 11.4. The van der Waals surface area contributed by atoms with E-state index < -0.39 is 16.6 Å². The maximum Gasteiger partial charge on any atom is 0.258 e. The molecule has 0 bridgehead atoms. The number of aliphatic hydroxyl groups is 2. The number of likely N-dealkylation sites (tertiary alicyclic amines) is 1. The third-order valence-electron chi connectivity index (χ3n) is 6.78. The van der Waals surface area contributed by atoms with Gasteiger partial charge in [-0.3, -0.25) is 4.98 Å². The van der Waals surface area contributed by atoms with E-state index in [1.54, 1.807) is 26.2 Å². The number of hydrogen-bond donors (Lipinski definition) is 2. The van der Waals surface area contributed by atoms with Gasteiger partial charge < -0.3 is 19.6 Å². The van der Waals surface area contributed by atoms with Gasteiger partial charge in [-0.15, -0.1) is 0 Å². The zero-order chi connectivity index (χ0) is 24.2. The molecule has 2 N–H and O–H groups in total. The standard InChI is InChI=1S/C26H34N4O3/c1-16(2)21-9-8-19(10-17(21)3)26(32,25(6)14-30(7)15-25)20-11-18(12-27-13-20)22-28-23(33-29-22)24(4,5)31/h8-13,16,31-32H,14-15H2,1-7H3. The highest BCUT2D eigenvalue weighted by Crippen LogP contribution is 2.50. The molecule has 176 valence electrons. The highest BCUT2D eigenvalue weighted by atomic mass is 16.5. The Morgan fingerprint density at radius 2 is 1.79 bits per heavy atom. The van der Waals surface area contributed by atoms with E-state index in [0.29, 0.717) is 22.9 Å². The predicted octanol–water partition coefficient (Wildman–Crippen LogP) is 3.98. The van der Waals surface area contributed by atoms with Crippen LogP contribution in [0.1, 0.15) is 68.7 Å². The molecule has 1 aliphatic heterocycles. The second-order valence-electron chi connectivity index (χ2n) is 10.6. The average Bonchev–Trinajstić information content (AvgIpc) is 3.23. The van der Waals surface area contributed by atoms with Gasteiger partial charge in [0.25, 0.3) is 5.89 Å². The number of benzene rings is 1. The van der Waals surface area contributed by atoms with Crippen molar-refractivity contribution in [3.05, 3.63) is 64.8 Å². The van der Waals surface area contributed by atoms with Crippen molar-refractivity contribution in [1.82, 2.24) is 20.0 Å². The molecular formula is C26H34N4O3. The number of hydrogen-bond acceptors (Lipinski definition) is 7. The number of aryl methyl sites for hydroxylation is 1. The summed E-state index contributed by atoms with van der Waals surface area (Å²) in [7, 11) is 2.06. The highest BCUT2D eigenvalue weighted by molar-refractivity contribution is 5.56. The number of nitrogens with zero attached hydrogens (tertiary/aromatic N) is 4. The second-order valence-corrected chi connectivity index (χ2v) is 10.6. The van der Waals surface area contributed by atoms with Gasteiger partial charge in [0.15, 0.2) is 0 Å². The monoisotopic (exact) mass is 450 g/mol. The summed E-state index contributed by atoms with van der Waals surface area (Å²) in [6.07, 6.45) is 3.36. The molecule has 1 fully saturated rings. The maximum absolute atomic E-state index is 12.4. The molecular weight excluding hydrogens is 416 g/mol. The van der Waals surface area contributed by atoms with Gasteiger partial charge in [-0.1, -0.05) is 44.1 Å². The largest absolute Gasteiger partial charge is 0.381 e. The molecule has 1 aromatic carbocycles. The summed E-state index contributed by atoms with van der Waals surface area (Å²) in [6, 6.07) is 8.14. The first-order valence-corrected chi connectivity index (χ1v) is 11.4. The van der Waals surface area contributed by atoms with Crippen molar-refractivity contribution < 1.29 is 14.7 Å². The quantitative estimate of drug-likeness (QED) is 0.586. The lowest BCUT2D eigenvalue weighted by Gasteiger charge is -2.56. The molecule has 7 heteroatoms. The Labute approximate surface area is 195 Å². The molecule has 4 rings (SSSR count). The van der Waals surface area contributed by atoms with Crippen molar-refractivity contribution in [2.24, 2.45) is 5.41 Å². The fourth-order valence-corrected chi connectivity index (χ4v) is 5.14. The zero-order valence-electron chi connectivity index (χ0n) is 20.5. The summed E-state index contributed by atoms with van der Waals surface area (Å²) in [6.45, 7) is 13.3. The molecule has 3 heterocycles. The summed E-state index contributed by atoms with van der Waals surface area (Å²) in [5.41, 5.74) is 1.69. The normalized spacial score (nSPS) is 18.2. The van der Waals surface area contributed by atoms with Crippen LogP contribution in [0.5, 0.6) is 0 Å². The average molecular weight is 451 g/mol. The lowest BCUT2D eigenvalue weighted by Crippen LogP contribution is -2.63. The van der Waals surface area contributed by atoms with Crippen LogP contribution in [0.15, 0.2) is 41.2 Å². The number of pyridine rings is 1. The summed E-state index contributed by atoms with van der Waals surface area (Å²) >= 11 is 0. The fourth-order valence-electron chi connectivity index (χ4n) is 5.14. The van der Waals surface area contributed by atoms with E-state index in [0.717, 1.165) is 24.2 Å². The van der Waals surface area contributed by atoms with E-state index in [9.17, 15) is 10.2 Å². The van der Waals surface area contributed by atoms with Crippen LogP contribution in [-0.4, -0.2) is 50.4 Å². The van der Waals surface area contributed by atoms with Crippen molar-refractivity contribution in [3.8, 4) is 11.4 Å². The number of aromatic nitrogens is 3. The summed E-state index contributed by atoms with van der Waals surface area (Å²) in [4.78, 5) is 11.0. The SMILES string of the molecule is Cc1cc(C(O)(c2cncc(-c3noc(C(C)(C)O)n3)c2)C2(C)CN(C)C2)ccc1C(C)C. The minimum absolute atomic E-state index is 0.130. The van der Waals surface area contributed by atoms with Crippen molar-refractivity contribution in [2.75, 3.05) is 20.1 Å². The van der Waals surface area contributed by atoms with E-state index in [4.69, 9.17) is 4.52 Å². The Morgan fingerprint density at radius 1 is 1.09 bits per heavy atom. The number of rotatable bonds is 6. The van der Waals surface area contributed by atoms with Crippen LogP contribution in [0.3, 0.4) is 0 Å². The van der Waals surface area contributed by atoms with Crippen LogP contribution in [0, 0.1) is 12.3 Å². The van der Waals surface area contributed by atoms with E-state index in [1.807, 2.05) is 12.1 Å². The molecule has 2 aromatic heterocycles. The first kappa shape index (κ1) is 23.5. The van der Waals surface area contributed by atoms with Gasteiger partial charge in [-0.05, 0) is 56.5 Å². The van der Waals surface area contributed by atoms with Crippen LogP contribution in [-0.2, 0) is 11.2 Å². The molecule has 0 radical (unpaired) electrons. The van der Waals surface area contributed by atoms with E-state index in [-0.39, 0.29) is 5.89 Å². The molecule has 1 saturated heterocycles. The van der Waals surface area contributed by atoms with Gasteiger partial charge in [0.2, 0.25) is 5.82 Å². The van der Waals surface area contributed by atoms with Gasteiger partial charge in [0.1, 0.15) is 11.2 Å². The van der Waals surface area contributed by atoms with E-state index >= 15 is 0 Å². The predicted molar refractivity (Wildman–Crippen MR) is 127 cm³/mol. The van der Waals surface area contributed by atoms with Crippen LogP contribution < -0.4 is 0 Å². The Kier molecular flexibility index (Phi) is 5.71. The van der Waals surface area contributed by atoms with Crippen molar-refractivity contribution >= 4 is 0 Å². The molecule has 1 atom stereocenters. The van der Waals surface area contributed by atoms with Gasteiger partial charge in [-0.25, -0.2) is 0 Å². The summed E-state index contributed by atoms with van der Waals surface area (Å²) in [5.74, 6) is 0.863. The first-order chi connectivity index (χ1) is 15.3. The Bertz CT molecular complexity index is 1160. The Balaban J connectivity index is 1.84. The smallest absolute Gasteiger partial charge is 0.258 e. The van der Waals surface area contributed by atoms with Gasteiger partial charge >= 0.3 is 0 Å². The minimum Gasteiger partial charge on any atom is -0.381 e. The van der Waals surface area contributed by atoms with E-state index in [1.165, 1.54) is 5.56 Å². The maximum atomic E-state index is 12.4. The molecule has 0 saturated carbocycles.